The highest BCUT2D eigenvalue weighted by Gasteiger charge is 2.35. The minimum absolute atomic E-state index is 0. The van der Waals surface area contributed by atoms with Gasteiger partial charge in [-0.05, 0) is 36.2 Å². The van der Waals surface area contributed by atoms with Gasteiger partial charge in [0.1, 0.15) is 0 Å². The lowest BCUT2D eigenvalue weighted by Gasteiger charge is -2.40. The Morgan fingerprint density at radius 2 is 1.20 bits per heavy atom. The van der Waals surface area contributed by atoms with Crippen molar-refractivity contribution in [2.45, 2.75) is 12.5 Å². The summed E-state index contributed by atoms with van der Waals surface area (Å²) in [6.07, 6.45) is 0.855. The number of ketones is 1. The fourth-order valence-corrected chi connectivity index (χ4v) is 5.05. The van der Waals surface area contributed by atoms with Crippen LogP contribution in [-0.2, 0) is 4.79 Å². The molecular weight excluding hydrogens is 481 g/mol. The molecule has 0 aliphatic carbocycles. The molecule has 0 bridgehead atoms. The van der Waals surface area contributed by atoms with Gasteiger partial charge in [0.25, 0.3) is 11.7 Å². The SMILES string of the molecule is Cl.Cl.O=C1C(=O)N(CCCN2CCN(C(c3ccccc3)c3ccccc3)CC2)c2ccccc21. The largest absolute Gasteiger partial charge is 0.305 e. The summed E-state index contributed by atoms with van der Waals surface area (Å²) in [5.41, 5.74) is 3.94. The summed E-state index contributed by atoms with van der Waals surface area (Å²) >= 11 is 0. The van der Waals surface area contributed by atoms with E-state index in [0.29, 0.717) is 12.1 Å². The number of carbonyl (C=O) groups excluding carboxylic acids is 2. The van der Waals surface area contributed by atoms with E-state index in [1.807, 2.05) is 18.2 Å². The highest BCUT2D eigenvalue weighted by molar-refractivity contribution is 6.52. The second-order valence-corrected chi connectivity index (χ2v) is 8.76. The first-order valence-corrected chi connectivity index (χ1v) is 11.7. The molecule has 3 aromatic rings. The molecule has 184 valence electrons. The maximum absolute atomic E-state index is 12.4. The summed E-state index contributed by atoms with van der Waals surface area (Å²) in [6, 6.07) is 29.0. The molecule has 1 amide bonds. The molecule has 0 spiro atoms. The average Bonchev–Trinajstić information content (AvgIpc) is 3.11. The quantitative estimate of drug-likeness (QED) is 0.425. The molecule has 0 unspecified atom stereocenters. The summed E-state index contributed by atoms with van der Waals surface area (Å²) in [7, 11) is 0. The third kappa shape index (κ3) is 5.76. The van der Waals surface area contributed by atoms with Gasteiger partial charge in [0.15, 0.2) is 0 Å². The Bertz CT molecular complexity index is 1080. The van der Waals surface area contributed by atoms with Crippen LogP contribution in [0.15, 0.2) is 84.9 Å². The molecule has 1 saturated heterocycles. The minimum Gasteiger partial charge on any atom is -0.305 e. The number of piperazine rings is 1. The second kappa shape index (κ2) is 12.3. The molecule has 0 atom stereocenters. The van der Waals surface area contributed by atoms with E-state index in [0.717, 1.165) is 44.8 Å². The van der Waals surface area contributed by atoms with Gasteiger partial charge in [-0.3, -0.25) is 14.5 Å². The Kier molecular flexibility index (Phi) is 9.47. The molecule has 0 N–H and O–H groups in total. The molecule has 5 nitrogen and oxygen atoms in total. The van der Waals surface area contributed by atoms with Crippen molar-refractivity contribution in [3.63, 3.8) is 0 Å². The topological polar surface area (TPSA) is 43.9 Å². The summed E-state index contributed by atoms with van der Waals surface area (Å²) in [6.45, 7) is 5.50. The van der Waals surface area contributed by atoms with Crippen molar-refractivity contribution in [3.05, 3.63) is 102 Å². The Labute approximate surface area is 219 Å². The van der Waals surface area contributed by atoms with Gasteiger partial charge in [-0.25, -0.2) is 0 Å². The van der Waals surface area contributed by atoms with Crippen molar-refractivity contribution < 1.29 is 9.59 Å². The van der Waals surface area contributed by atoms with E-state index in [4.69, 9.17) is 0 Å². The molecule has 5 rings (SSSR count). The molecule has 2 aliphatic rings. The van der Waals surface area contributed by atoms with Gasteiger partial charge in [-0.1, -0.05) is 72.8 Å². The maximum atomic E-state index is 12.4. The van der Waals surface area contributed by atoms with Crippen LogP contribution < -0.4 is 4.90 Å². The first-order chi connectivity index (χ1) is 16.2. The van der Waals surface area contributed by atoms with Gasteiger partial charge < -0.3 is 9.80 Å². The predicted molar refractivity (Wildman–Crippen MR) is 145 cm³/mol. The highest BCUT2D eigenvalue weighted by atomic mass is 35.5. The maximum Gasteiger partial charge on any atom is 0.299 e. The molecule has 35 heavy (non-hydrogen) atoms. The number of carbonyl (C=O) groups is 2. The third-order valence-electron chi connectivity index (χ3n) is 6.74. The predicted octanol–water partition coefficient (Wildman–Crippen LogP) is 4.86. The van der Waals surface area contributed by atoms with E-state index in [1.54, 1.807) is 11.0 Å². The second-order valence-electron chi connectivity index (χ2n) is 8.76. The lowest BCUT2D eigenvalue weighted by atomic mass is 9.96. The van der Waals surface area contributed by atoms with Crippen LogP contribution in [0.2, 0.25) is 0 Å². The van der Waals surface area contributed by atoms with Gasteiger partial charge in [0.05, 0.1) is 17.3 Å². The van der Waals surface area contributed by atoms with Crippen LogP contribution in [0.3, 0.4) is 0 Å². The van der Waals surface area contributed by atoms with E-state index >= 15 is 0 Å². The van der Waals surface area contributed by atoms with Gasteiger partial charge in [-0.15, -0.1) is 24.8 Å². The Hall–Kier alpha value is -2.70. The first kappa shape index (κ1) is 26.9. The van der Waals surface area contributed by atoms with E-state index in [1.165, 1.54) is 11.1 Å². The van der Waals surface area contributed by atoms with E-state index < -0.39 is 5.91 Å². The number of para-hydroxylation sites is 1. The smallest absolute Gasteiger partial charge is 0.299 e. The fourth-order valence-electron chi connectivity index (χ4n) is 5.05. The zero-order chi connectivity index (χ0) is 22.6. The number of halogens is 2. The summed E-state index contributed by atoms with van der Waals surface area (Å²) in [5, 5.41) is 0. The standard InChI is InChI=1S/C28H29N3O2.2ClH/c32-27-24-14-7-8-15-25(24)31(28(27)33)17-9-16-29-18-20-30(21-19-29)26(22-10-3-1-4-11-22)23-12-5-2-6-13-23;;/h1-8,10-15,26H,9,16-21H2;2*1H. The lowest BCUT2D eigenvalue weighted by molar-refractivity contribution is -0.114. The summed E-state index contributed by atoms with van der Waals surface area (Å²) in [5.74, 6) is -0.776. The average molecular weight is 512 g/mol. The molecule has 3 aromatic carbocycles. The number of amides is 1. The molecule has 1 fully saturated rings. The van der Waals surface area contributed by atoms with Crippen molar-refractivity contribution in [2.24, 2.45) is 0 Å². The first-order valence-electron chi connectivity index (χ1n) is 11.7. The number of Topliss-reactive ketones (excluding diaryl/α,β-unsaturated/α-hetero) is 1. The number of fused-ring (bicyclic) bond motifs is 1. The molecule has 0 radical (unpaired) electrons. The van der Waals surface area contributed by atoms with Crippen LogP contribution in [0.4, 0.5) is 5.69 Å². The number of anilines is 1. The molecule has 0 aromatic heterocycles. The van der Waals surface area contributed by atoms with Crippen molar-refractivity contribution >= 4 is 42.2 Å². The molecular formula is C28H31Cl2N3O2. The van der Waals surface area contributed by atoms with E-state index in [2.05, 4.69) is 70.5 Å². The molecule has 2 aliphatic heterocycles. The lowest BCUT2D eigenvalue weighted by Crippen LogP contribution is -2.48. The van der Waals surface area contributed by atoms with E-state index in [9.17, 15) is 9.59 Å². The zero-order valence-electron chi connectivity index (χ0n) is 19.6. The molecule has 0 saturated carbocycles. The number of rotatable bonds is 7. The molecule has 7 heteroatoms. The summed E-state index contributed by atoms with van der Waals surface area (Å²) in [4.78, 5) is 31.3. The van der Waals surface area contributed by atoms with Gasteiger partial charge in [0, 0.05) is 32.7 Å². The van der Waals surface area contributed by atoms with Crippen molar-refractivity contribution in [3.8, 4) is 0 Å². The van der Waals surface area contributed by atoms with E-state index in [-0.39, 0.29) is 36.6 Å². The monoisotopic (exact) mass is 511 g/mol. The van der Waals surface area contributed by atoms with Crippen molar-refractivity contribution in [1.29, 1.82) is 0 Å². The minimum atomic E-state index is -0.394. The Morgan fingerprint density at radius 3 is 1.80 bits per heavy atom. The Morgan fingerprint density at radius 1 is 0.657 bits per heavy atom. The van der Waals surface area contributed by atoms with Gasteiger partial charge in [-0.2, -0.15) is 0 Å². The normalized spacial score (nSPS) is 16.1. The van der Waals surface area contributed by atoms with Gasteiger partial charge >= 0.3 is 0 Å². The number of benzene rings is 3. The highest BCUT2D eigenvalue weighted by Crippen LogP contribution is 2.30. The summed E-state index contributed by atoms with van der Waals surface area (Å²) < 4.78 is 0. The fraction of sp³-hybridized carbons (Fsp3) is 0.286. The van der Waals surface area contributed by atoms with Gasteiger partial charge in [0.2, 0.25) is 0 Å². The van der Waals surface area contributed by atoms with Crippen molar-refractivity contribution in [2.75, 3.05) is 44.2 Å². The van der Waals surface area contributed by atoms with Crippen LogP contribution >= 0.6 is 24.8 Å². The van der Waals surface area contributed by atoms with Crippen LogP contribution in [0, 0.1) is 0 Å². The van der Waals surface area contributed by atoms with Crippen LogP contribution in [0.25, 0.3) is 0 Å². The number of hydrogen-bond acceptors (Lipinski definition) is 4. The van der Waals surface area contributed by atoms with Crippen LogP contribution in [0.1, 0.15) is 33.9 Å². The van der Waals surface area contributed by atoms with Crippen LogP contribution in [0.5, 0.6) is 0 Å². The number of hydrogen-bond donors (Lipinski definition) is 0. The Balaban J connectivity index is 0.00000171. The van der Waals surface area contributed by atoms with Crippen molar-refractivity contribution in [1.82, 2.24) is 9.80 Å². The zero-order valence-corrected chi connectivity index (χ0v) is 21.2. The van der Waals surface area contributed by atoms with Crippen LogP contribution in [-0.4, -0.2) is 60.8 Å². The molecule has 2 heterocycles. The number of nitrogens with zero attached hydrogens (tertiary/aromatic N) is 3. The third-order valence-corrected chi connectivity index (χ3v) is 6.74.